The molecule has 6 heteroatoms. The van der Waals surface area contributed by atoms with Crippen molar-refractivity contribution in [2.24, 2.45) is 0 Å². The number of rotatable bonds is 8. The topological polar surface area (TPSA) is 27.1 Å². The van der Waals surface area contributed by atoms with Gasteiger partial charge in [0.1, 0.15) is 5.82 Å². The number of aromatic nitrogens is 2. The molecule has 28 heavy (non-hydrogen) atoms. The minimum Gasteiger partial charge on any atom is -0.377 e. The predicted molar refractivity (Wildman–Crippen MR) is 102 cm³/mol. The zero-order valence-corrected chi connectivity index (χ0v) is 15.7. The van der Waals surface area contributed by atoms with E-state index in [2.05, 4.69) is 4.98 Å². The molecule has 3 aromatic rings. The first-order valence-corrected chi connectivity index (χ1v) is 9.22. The first kappa shape index (κ1) is 20.1. The van der Waals surface area contributed by atoms with Gasteiger partial charge >= 0.3 is 6.18 Å². The van der Waals surface area contributed by atoms with E-state index in [1.54, 1.807) is 6.07 Å². The third kappa shape index (κ3) is 5.70. The van der Waals surface area contributed by atoms with Crippen LogP contribution in [0.1, 0.15) is 34.6 Å². The van der Waals surface area contributed by atoms with Crippen molar-refractivity contribution in [2.75, 3.05) is 6.61 Å². The molecule has 0 fully saturated rings. The summed E-state index contributed by atoms with van der Waals surface area (Å²) in [6.45, 7) is 3.78. The zero-order chi connectivity index (χ0) is 20.0. The van der Waals surface area contributed by atoms with Crippen molar-refractivity contribution in [3.05, 3.63) is 89.0 Å². The molecule has 0 saturated heterocycles. The van der Waals surface area contributed by atoms with Crippen LogP contribution in [0.15, 0.2) is 60.8 Å². The number of nitrogens with zero attached hydrogens (tertiary/aromatic N) is 2. The third-order valence-corrected chi connectivity index (χ3v) is 4.40. The quantitative estimate of drug-likeness (QED) is 0.483. The van der Waals surface area contributed by atoms with Crippen LogP contribution in [0.2, 0.25) is 0 Å². The second-order valence-corrected chi connectivity index (χ2v) is 6.76. The van der Waals surface area contributed by atoms with E-state index >= 15 is 0 Å². The van der Waals surface area contributed by atoms with E-state index in [4.69, 9.17) is 4.74 Å². The first-order chi connectivity index (χ1) is 13.4. The summed E-state index contributed by atoms with van der Waals surface area (Å²) in [6, 6.07) is 15.4. The number of imidazole rings is 1. The summed E-state index contributed by atoms with van der Waals surface area (Å²) in [7, 11) is 0. The van der Waals surface area contributed by atoms with Crippen LogP contribution in [-0.2, 0) is 30.5 Å². The molecule has 0 unspecified atom stereocenters. The molecular formula is C22H23F3N2O. The van der Waals surface area contributed by atoms with Gasteiger partial charge in [0.05, 0.1) is 17.9 Å². The molecule has 0 aliphatic carbocycles. The molecule has 0 radical (unpaired) electrons. The minimum atomic E-state index is -4.34. The SMILES string of the molecule is Cc1cn(CCCOCc2ccccc2)c(Cc2cccc(C(F)(F)F)c2)n1. The largest absolute Gasteiger partial charge is 0.416 e. The second-order valence-electron chi connectivity index (χ2n) is 6.76. The average Bonchev–Trinajstić information content (AvgIpc) is 3.01. The lowest BCUT2D eigenvalue weighted by molar-refractivity contribution is -0.137. The Balaban J connectivity index is 1.56. The molecule has 1 aromatic heterocycles. The molecule has 0 aliphatic rings. The van der Waals surface area contributed by atoms with Crippen molar-refractivity contribution in [1.29, 1.82) is 0 Å². The molecule has 3 nitrogen and oxygen atoms in total. The second kappa shape index (κ2) is 9.06. The Bertz CT molecular complexity index is 888. The maximum absolute atomic E-state index is 12.9. The Morgan fingerprint density at radius 2 is 1.75 bits per heavy atom. The molecular weight excluding hydrogens is 365 g/mol. The molecule has 0 aliphatic heterocycles. The van der Waals surface area contributed by atoms with Crippen molar-refractivity contribution < 1.29 is 17.9 Å². The summed E-state index contributed by atoms with van der Waals surface area (Å²) < 4.78 is 46.5. The fourth-order valence-electron chi connectivity index (χ4n) is 3.07. The summed E-state index contributed by atoms with van der Waals surface area (Å²) in [5.74, 6) is 0.764. The molecule has 0 saturated carbocycles. The maximum atomic E-state index is 12.9. The van der Waals surface area contributed by atoms with Crippen molar-refractivity contribution in [2.45, 2.75) is 39.1 Å². The summed E-state index contributed by atoms with van der Waals surface area (Å²) >= 11 is 0. The van der Waals surface area contributed by atoms with Crippen LogP contribution >= 0.6 is 0 Å². The fourth-order valence-corrected chi connectivity index (χ4v) is 3.07. The van der Waals surface area contributed by atoms with E-state index < -0.39 is 11.7 Å². The van der Waals surface area contributed by atoms with Gasteiger partial charge < -0.3 is 9.30 Å². The lowest BCUT2D eigenvalue weighted by Crippen LogP contribution is -2.08. The van der Waals surface area contributed by atoms with Gasteiger partial charge in [-0.2, -0.15) is 13.2 Å². The first-order valence-electron chi connectivity index (χ1n) is 9.22. The average molecular weight is 388 g/mol. The Morgan fingerprint density at radius 1 is 1.00 bits per heavy atom. The highest BCUT2D eigenvalue weighted by atomic mass is 19.4. The zero-order valence-electron chi connectivity index (χ0n) is 15.7. The van der Waals surface area contributed by atoms with Gasteiger partial charge in [-0.3, -0.25) is 0 Å². The highest BCUT2D eigenvalue weighted by Gasteiger charge is 2.30. The number of halogens is 3. The highest BCUT2D eigenvalue weighted by Crippen LogP contribution is 2.30. The predicted octanol–water partition coefficient (Wildman–Crippen LogP) is 5.41. The summed E-state index contributed by atoms with van der Waals surface area (Å²) in [5.41, 5.74) is 1.95. The standard InChI is InChI=1S/C22H23F3N2O/c1-17-15-27(11-6-12-28-16-18-7-3-2-4-8-18)21(26-17)14-19-9-5-10-20(13-19)22(23,24)25/h2-5,7-10,13,15H,6,11-12,14,16H2,1H3. The van der Waals surface area contributed by atoms with Crippen LogP contribution in [-0.4, -0.2) is 16.2 Å². The lowest BCUT2D eigenvalue weighted by atomic mass is 10.1. The molecule has 0 amide bonds. The van der Waals surface area contributed by atoms with Crippen molar-refractivity contribution >= 4 is 0 Å². The van der Waals surface area contributed by atoms with Gasteiger partial charge in [0.25, 0.3) is 0 Å². The Hall–Kier alpha value is -2.60. The van der Waals surface area contributed by atoms with Crippen LogP contribution in [0.25, 0.3) is 0 Å². The number of alkyl halides is 3. The van der Waals surface area contributed by atoms with Crippen LogP contribution in [0.4, 0.5) is 13.2 Å². The maximum Gasteiger partial charge on any atom is 0.416 e. The van der Waals surface area contributed by atoms with Gasteiger partial charge in [-0.15, -0.1) is 0 Å². The normalized spacial score (nSPS) is 11.7. The summed E-state index contributed by atoms with van der Waals surface area (Å²) in [6.07, 6.45) is -1.24. The Kier molecular flexibility index (Phi) is 6.52. The number of aryl methyl sites for hydroxylation is 2. The smallest absolute Gasteiger partial charge is 0.377 e. The van der Waals surface area contributed by atoms with E-state index in [1.807, 2.05) is 48.0 Å². The fraction of sp³-hybridized carbons (Fsp3) is 0.318. The van der Waals surface area contributed by atoms with Gasteiger partial charge in [-0.05, 0) is 30.5 Å². The van der Waals surface area contributed by atoms with Crippen LogP contribution in [0, 0.1) is 6.92 Å². The third-order valence-electron chi connectivity index (χ3n) is 4.40. The molecule has 1 heterocycles. The molecule has 148 valence electrons. The van der Waals surface area contributed by atoms with Crippen LogP contribution in [0.3, 0.4) is 0 Å². The van der Waals surface area contributed by atoms with Crippen molar-refractivity contribution in [1.82, 2.24) is 9.55 Å². The lowest BCUT2D eigenvalue weighted by Gasteiger charge is -2.11. The number of benzene rings is 2. The highest BCUT2D eigenvalue weighted by molar-refractivity contribution is 5.28. The van der Waals surface area contributed by atoms with Gasteiger partial charge in [0, 0.05) is 25.8 Å². The minimum absolute atomic E-state index is 0.364. The van der Waals surface area contributed by atoms with Crippen molar-refractivity contribution in [3.8, 4) is 0 Å². The Labute approximate surface area is 162 Å². The van der Waals surface area contributed by atoms with E-state index in [0.717, 1.165) is 29.6 Å². The Morgan fingerprint density at radius 3 is 2.50 bits per heavy atom. The molecule has 2 aromatic carbocycles. The molecule has 0 N–H and O–H groups in total. The molecule has 0 spiro atoms. The van der Waals surface area contributed by atoms with Crippen LogP contribution in [0.5, 0.6) is 0 Å². The van der Waals surface area contributed by atoms with Gasteiger partial charge in [0.15, 0.2) is 0 Å². The monoisotopic (exact) mass is 388 g/mol. The molecule has 3 rings (SSSR count). The molecule has 0 bridgehead atoms. The van der Waals surface area contributed by atoms with Gasteiger partial charge in [-0.1, -0.05) is 48.5 Å². The molecule has 0 atom stereocenters. The van der Waals surface area contributed by atoms with Gasteiger partial charge in [0.2, 0.25) is 0 Å². The van der Waals surface area contributed by atoms with E-state index in [9.17, 15) is 13.2 Å². The van der Waals surface area contributed by atoms with Crippen molar-refractivity contribution in [3.63, 3.8) is 0 Å². The summed E-state index contributed by atoms with van der Waals surface area (Å²) in [5, 5.41) is 0. The number of hydrogen-bond donors (Lipinski definition) is 0. The van der Waals surface area contributed by atoms with E-state index in [-0.39, 0.29) is 0 Å². The van der Waals surface area contributed by atoms with Gasteiger partial charge in [-0.25, -0.2) is 4.98 Å². The van der Waals surface area contributed by atoms with Crippen LogP contribution < -0.4 is 0 Å². The van der Waals surface area contributed by atoms with E-state index in [1.165, 1.54) is 12.1 Å². The number of ether oxygens (including phenoxy) is 1. The van der Waals surface area contributed by atoms with E-state index in [0.29, 0.717) is 31.7 Å². The number of hydrogen-bond acceptors (Lipinski definition) is 2. The summed E-state index contributed by atoms with van der Waals surface area (Å²) in [4.78, 5) is 4.49.